The maximum Gasteiger partial charge on any atom is 0.0708 e. The molecule has 0 unspecified atom stereocenters. The Bertz CT molecular complexity index is 966. The van der Waals surface area contributed by atoms with E-state index >= 15 is 0 Å². The second-order valence-corrected chi connectivity index (χ2v) is 8.21. The maximum atomic E-state index is 5.87. The third-order valence-electron chi connectivity index (χ3n) is 4.44. The molecule has 0 atom stereocenters. The van der Waals surface area contributed by atoms with E-state index in [0.29, 0.717) is 0 Å². The van der Waals surface area contributed by atoms with Crippen molar-refractivity contribution in [1.82, 2.24) is 0 Å². The summed E-state index contributed by atoms with van der Waals surface area (Å²) in [6.07, 6.45) is 12.3. The van der Waals surface area contributed by atoms with Crippen LogP contribution in [0, 0.1) is 0 Å². The Kier molecular flexibility index (Phi) is 6.57. The van der Waals surface area contributed by atoms with E-state index in [4.69, 9.17) is 11.5 Å². The van der Waals surface area contributed by atoms with Crippen molar-refractivity contribution in [3.8, 4) is 0 Å². The topological polar surface area (TPSA) is 58.5 Å². The fourth-order valence-electron chi connectivity index (χ4n) is 3.06. The lowest BCUT2D eigenvalue weighted by Crippen LogP contribution is -2.25. The number of anilines is 4. The summed E-state index contributed by atoms with van der Waals surface area (Å²) in [6.45, 7) is 0. The van der Waals surface area contributed by atoms with Crippen LogP contribution in [0.5, 0.6) is 0 Å². The first-order chi connectivity index (χ1) is 13.5. The molecule has 29 heavy (non-hydrogen) atoms. The summed E-state index contributed by atoms with van der Waals surface area (Å²) in [5.74, 6) is 0. The zero-order chi connectivity index (χ0) is 19.7. The van der Waals surface area contributed by atoms with Crippen molar-refractivity contribution in [2.45, 2.75) is 0 Å². The Morgan fingerprint density at radius 3 is 1.28 bits per heavy atom. The number of allylic oxidation sites excluding steroid dienone is 6. The number of rotatable bonds is 2. The van der Waals surface area contributed by atoms with Crippen LogP contribution in [0.2, 0.25) is 0 Å². The van der Waals surface area contributed by atoms with Gasteiger partial charge in [-0.3, -0.25) is 0 Å². The summed E-state index contributed by atoms with van der Waals surface area (Å²) in [5, 5.41) is 0. The fraction of sp³-hybridized carbons (Fsp3) is 0. The fourth-order valence-corrected chi connectivity index (χ4v) is 3.73. The van der Waals surface area contributed by atoms with Crippen LogP contribution in [-0.4, -0.2) is 0 Å². The van der Waals surface area contributed by atoms with E-state index in [9.17, 15) is 0 Å². The molecule has 0 saturated carbocycles. The number of halogens is 3. The van der Waals surface area contributed by atoms with E-state index in [-0.39, 0.29) is 12.4 Å². The molecule has 4 rings (SSSR count). The second-order valence-electron chi connectivity index (χ2n) is 6.38. The highest BCUT2D eigenvalue weighted by molar-refractivity contribution is 9.12. The quantitative estimate of drug-likeness (QED) is 0.437. The molecule has 0 radical (unpaired) electrons. The average Bonchev–Trinajstić information content (AvgIpc) is 2.69. The number of nitrogens with zero attached hydrogens (tertiary/aromatic N) is 2. The smallest absolute Gasteiger partial charge is 0.0708 e. The van der Waals surface area contributed by atoms with E-state index in [0.717, 1.165) is 43.1 Å². The molecule has 2 aromatic carbocycles. The van der Waals surface area contributed by atoms with Gasteiger partial charge >= 0.3 is 0 Å². The molecular formula is C22H19Br2ClN4. The van der Waals surface area contributed by atoms with Crippen molar-refractivity contribution in [3.05, 3.63) is 106 Å². The first kappa shape index (κ1) is 21.3. The molecule has 4 N–H and O–H groups in total. The van der Waals surface area contributed by atoms with Crippen molar-refractivity contribution in [2.75, 3.05) is 21.3 Å². The Labute approximate surface area is 193 Å². The van der Waals surface area contributed by atoms with E-state index in [1.54, 1.807) is 0 Å². The van der Waals surface area contributed by atoms with Crippen LogP contribution in [0.3, 0.4) is 0 Å². The normalized spacial score (nSPS) is 18.3. The van der Waals surface area contributed by atoms with Crippen LogP contribution in [-0.2, 0) is 0 Å². The van der Waals surface area contributed by atoms with Gasteiger partial charge in [-0.1, -0.05) is 31.9 Å². The lowest BCUT2D eigenvalue weighted by molar-refractivity contribution is 1.09. The molecular weight excluding hydrogens is 516 g/mol. The molecule has 2 aliphatic rings. The molecule has 4 nitrogen and oxygen atoms in total. The highest BCUT2D eigenvalue weighted by Gasteiger charge is 2.22. The zero-order valence-corrected chi connectivity index (χ0v) is 19.3. The molecule has 2 aliphatic heterocycles. The number of nitrogens with two attached hydrogens (primary N) is 2. The van der Waals surface area contributed by atoms with Gasteiger partial charge in [-0.2, -0.15) is 0 Å². The van der Waals surface area contributed by atoms with Crippen molar-refractivity contribution in [2.24, 2.45) is 0 Å². The summed E-state index contributed by atoms with van der Waals surface area (Å²) in [7, 11) is 0. The van der Waals surface area contributed by atoms with Crippen molar-refractivity contribution < 1.29 is 0 Å². The lowest BCUT2D eigenvalue weighted by Gasteiger charge is -2.32. The first-order valence-corrected chi connectivity index (χ1v) is 10.2. The van der Waals surface area contributed by atoms with E-state index in [1.807, 2.05) is 73.1 Å². The van der Waals surface area contributed by atoms with Crippen LogP contribution >= 0.6 is 44.3 Å². The van der Waals surface area contributed by atoms with Crippen molar-refractivity contribution >= 4 is 67.0 Å². The van der Waals surface area contributed by atoms with Gasteiger partial charge in [-0.15, -0.1) is 12.4 Å². The van der Waals surface area contributed by atoms with Gasteiger partial charge in [0.2, 0.25) is 0 Å². The van der Waals surface area contributed by atoms with E-state index in [2.05, 4.69) is 53.8 Å². The second kappa shape index (κ2) is 8.95. The first-order valence-electron chi connectivity index (χ1n) is 8.66. The largest absolute Gasteiger partial charge is 0.399 e. The molecule has 0 aromatic heterocycles. The van der Waals surface area contributed by atoms with Crippen LogP contribution < -0.4 is 21.3 Å². The minimum atomic E-state index is 0. The minimum Gasteiger partial charge on any atom is -0.399 e. The van der Waals surface area contributed by atoms with Gasteiger partial charge in [-0.05, 0) is 72.8 Å². The van der Waals surface area contributed by atoms with Gasteiger partial charge in [0, 0.05) is 44.1 Å². The van der Waals surface area contributed by atoms with Gasteiger partial charge in [0.05, 0.1) is 11.4 Å². The predicted molar refractivity (Wildman–Crippen MR) is 133 cm³/mol. The zero-order valence-electron chi connectivity index (χ0n) is 15.3. The molecule has 0 spiro atoms. The number of hydrogen-bond acceptors (Lipinski definition) is 4. The monoisotopic (exact) mass is 532 g/mol. The van der Waals surface area contributed by atoms with Crippen molar-refractivity contribution in [1.29, 1.82) is 0 Å². The summed E-state index contributed by atoms with van der Waals surface area (Å²) in [4.78, 5) is 4.28. The molecule has 0 bridgehead atoms. The number of hydrogen-bond donors (Lipinski definition) is 2. The predicted octanol–water partition coefficient (Wildman–Crippen LogP) is 6.41. The van der Waals surface area contributed by atoms with Crippen LogP contribution in [0.25, 0.3) is 0 Å². The highest BCUT2D eigenvalue weighted by atomic mass is 79.9. The number of nitrogen functional groups attached to an aromatic ring is 2. The average molecular weight is 535 g/mol. The molecule has 0 saturated heterocycles. The molecule has 2 aromatic rings. The lowest BCUT2D eigenvalue weighted by atomic mass is 10.1. The summed E-state index contributed by atoms with van der Waals surface area (Å²) in [6, 6.07) is 15.7. The standard InChI is InChI=1S/C22H18Br2N4.ClH/c23-15-9-11-27(19-5-1-17(25)2-6-19)21(13-15)22-14-16(24)10-12-28(22)20-7-3-18(26)4-8-20;/h1-14H,25-26H2;1H. The summed E-state index contributed by atoms with van der Waals surface area (Å²) < 4.78 is 2.00. The van der Waals surface area contributed by atoms with Gasteiger partial charge < -0.3 is 21.3 Å². The van der Waals surface area contributed by atoms with E-state index < -0.39 is 0 Å². The minimum absolute atomic E-state index is 0. The van der Waals surface area contributed by atoms with Crippen LogP contribution in [0.4, 0.5) is 22.7 Å². The van der Waals surface area contributed by atoms with Gasteiger partial charge in [-0.25, -0.2) is 0 Å². The Balaban J connectivity index is 0.00000240. The SMILES string of the molecule is Cl.Nc1ccc(N2C=CC(Br)=CC2=C2C=C(Br)C=CN2c2ccc(N)cc2)cc1. The van der Waals surface area contributed by atoms with Crippen LogP contribution in [0.15, 0.2) is 106 Å². The third-order valence-corrected chi connectivity index (χ3v) is 5.43. The van der Waals surface area contributed by atoms with Gasteiger partial charge in [0.1, 0.15) is 0 Å². The Morgan fingerprint density at radius 2 is 0.931 bits per heavy atom. The summed E-state index contributed by atoms with van der Waals surface area (Å²) in [5.41, 5.74) is 17.3. The Hall–Kier alpha value is -2.41. The van der Waals surface area contributed by atoms with Crippen molar-refractivity contribution in [3.63, 3.8) is 0 Å². The summed E-state index contributed by atoms with van der Waals surface area (Å²) >= 11 is 7.23. The van der Waals surface area contributed by atoms with Crippen LogP contribution in [0.1, 0.15) is 0 Å². The molecule has 148 valence electrons. The molecule has 7 heteroatoms. The highest BCUT2D eigenvalue weighted by Crippen LogP contribution is 2.35. The molecule has 0 aliphatic carbocycles. The van der Waals surface area contributed by atoms with Gasteiger partial charge in [0.15, 0.2) is 0 Å². The molecule has 2 heterocycles. The van der Waals surface area contributed by atoms with E-state index in [1.165, 1.54) is 0 Å². The maximum absolute atomic E-state index is 5.87. The van der Waals surface area contributed by atoms with Gasteiger partial charge in [0.25, 0.3) is 0 Å². The molecule has 0 fully saturated rings. The Morgan fingerprint density at radius 1 is 0.586 bits per heavy atom. The number of benzene rings is 2. The molecule has 0 amide bonds. The third kappa shape index (κ3) is 4.61.